The minimum Gasteiger partial charge on any atom is -0.481 e. The number of amides is 7. The highest BCUT2D eigenvalue weighted by Crippen LogP contribution is 2.44. The lowest BCUT2D eigenvalue weighted by Gasteiger charge is -2.28. The van der Waals surface area contributed by atoms with Crippen LogP contribution in [0.1, 0.15) is 75.1 Å². The van der Waals surface area contributed by atoms with Crippen LogP contribution in [0.4, 0.5) is 4.79 Å². The normalized spacial score (nSPS) is 14.8. The topological polar surface area (TPSA) is 345 Å². The Morgan fingerprint density at radius 2 is 0.895 bits per heavy atom. The number of aliphatic hydroxyl groups excluding tert-OH is 1. The molecule has 0 radical (unpaired) electrons. The average Bonchev–Trinajstić information content (AvgIpc) is 3.69. The Labute approximate surface area is 437 Å². The van der Waals surface area contributed by atoms with E-state index in [1.165, 1.54) is 6.92 Å². The molecule has 11 N–H and O–H groups in total. The summed E-state index contributed by atoms with van der Waals surface area (Å²) in [6.07, 6.45) is -4.93. The van der Waals surface area contributed by atoms with Crippen LogP contribution in [0.5, 0.6) is 0 Å². The zero-order chi connectivity index (χ0) is 55.6. The molecule has 0 fully saturated rings. The second-order valence-corrected chi connectivity index (χ2v) is 18.8. The molecule has 0 saturated heterocycles. The van der Waals surface area contributed by atoms with E-state index in [2.05, 4.69) is 37.2 Å². The maximum atomic E-state index is 14.1. The standard InChI is InChI=1S/C54H63N7O15/c1-29(2)23-39(49(69)57-41(26-44(63)64)48(68)55-30(3)47(67)56-42(27-45(65)66)50(70)59-43(53(73)74)25-33-17-9-6-10-18-33)58-52(72)46(31(4)62)61-51(71)40(24-32-15-7-5-8-16-32)60-54(75)76-28-38-36-21-13-11-19-34(36)35-20-12-14-22-37(35)38/h5-22,29-31,38-43,46,62H,23-28H2,1-4H3,(H,55,68)(H,56,67)(H,57,69)(H,58,72)(H,59,70)(H,60,75)(H,61,71)(H,63,64)(H,65,66)(H,73,74)/t30-,31-,39-,40-,41-,42-,43-,46-/m0/s1. The molecule has 0 heterocycles. The third-order valence-electron chi connectivity index (χ3n) is 12.3. The summed E-state index contributed by atoms with van der Waals surface area (Å²) in [5, 5.41) is 56.2. The van der Waals surface area contributed by atoms with E-state index in [1.807, 2.05) is 48.5 Å². The van der Waals surface area contributed by atoms with Gasteiger partial charge in [-0.3, -0.25) is 38.4 Å². The van der Waals surface area contributed by atoms with Gasteiger partial charge in [-0.25, -0.2) is 9.59 Å². The second kappa shape index (κ2) is 27.6. The van der Waals surface area contributed by atoms with Crippen LogP contribution in [-0.2, 0) is 60.7 Å². The largest absolute Gasteiger partial charge is 0.481 e. The number of rotatable bonds is 27. The molecule has 7 amide bonds. The number of ether oxygens (including phenoxy) is 1. The van der Waals surface area contributed by atoms with E-state index in [4.69, 9.17) is 4.74 Å². The highest BCUT2D eigenvalue weighted by atomic mass is 16.5. The van der Waals surface area contributed by atoms with Crippen LogP contribution in [0.3, 0.4) is 0 Å². The van der Waals surface area contributed by atoms with Crippen molar-refractivity contribution in [2.45, 2.75) is 114 Å². The third-order valence-corrected chi connectivity index (χ3v) is 12.3. The lowest BCUT2D eigenvalue weighted by molar-refractivity contribution is -0.143. The van der Waals surface area contributed by atoms with Gasteiger partial charge in [0.25, 0.3) is 0 Å². The minimum absolute atomic E-state index is 0.0654. The van der Waals surface area contributed by atoms with Crippen LogP contribution >= 0.6 is 0 Å². The van der Waals surface area contributed by atoms with Crippen molar-refractivity contribution in [2.24, 2.45) is 5.92 Å². The molecule has 22 nitrogen and oxygen atoms in total. The highest BCUT2D eigenvalue weighted by molar-refractivity contribution is 5.99. The van der Waals surface area contributed by atoms with Crippen molar-refractivity contribution in [3.8, 4) is 11.1 Å². The van der Waals surface area contributed by atoms with Crippen molar-refractivity contribution in [1.82, 2.24) is 37.2 Å². The van der Waals surface area contributed by atoms with Gasteiger partial charge in [0.05, 0.1) is 18.9 Å². The van der Waals surface area contributed by atoms with Gasteiger partial charge in [0, 0.05) is 18.8 Å². The van der Waals surface area contributed by atoms with E-state index in [-0.39, 0.29) is 37.7 Å². The Kier molecular flexibility index (Phi) is 21.1. The van der Waals surface area contributed by atoms with E-state index in [9.17, 15) is 68.4 Å². The van der Waals surface area contributed by atoms with Crippen LogP contribution in [0.15, 0.2) is 109 Å². The maximum Gasteiger partial charge on any atom is 0.407 e. The van der Waals surface area contributed by atoms with Crippen molar-refractivity contribution >= 4 is 59.4 Å². The fraction of sp³-hybridized carbons (Fsp3) is 0.370. The molecule has 8 atom stereocenters. The van der Waals surface area contributed by atoms with Gasteiger partial charge in [-0.2, -0.15) is 0 Å². The monoisotopic (exact) mass is 1050 g/mol. The van der Waals surface area contributed by atoms with Gasteiger partial charge in [0.1, 0.15) is 48.9 Å². The van der Waals surface area contributed by atoms with Gasteiger partial charge < -0.3 is 62.4 Å². The number of aliphatic hydroxyl groups is 1. The molecule has 0 aromatic heterocycles. The number of nitrogens with one attached hydrogen (secondary N) is 7. The molecule has 0 unspecified atom stereocenters. The summed E-state index contributed by atoms with van der Waals surface area (Å²) in [7, 11) is 0. The van der Waals surface area contributed by atoms with Gasteiger partial charge in [-0.15, -0.1) is 0 Å². The average molecular weight is 1050 g/mol. The number of carboxylic acid groups (broad SMARTS) is 3. The number of carbonyl (C=O) groups is 10. The molecular formula is C54H63N7O15. The van der Waals surface area contributed by atoms with Gasteiger partial charge in [0.2, 0.25) is 35.4 Å². The summed E-state index contributed by atoms with van der Waals surface area (Å²) in [6.45, 7) is 5.63. The molecule has 0 bridgehead atoms. The number of benzene rings is 4. The van der Waals surface area contributed by atoms with E-state index in [1.54, 1.807) is 74.5 Å². The van der Waals surface area contributed by atoms with E-state index < -0.39 is 121 Å². The van der Waals surface area contributed by atoms with Gasteiger partial charge in [0.15, 0.2) is 0 Å². The van der Waals surface area contributed by atoms with E-state index in [0.717, 1.165) is 29.2 Å². The molecular weight excluding hydrogens is 987 g/mol. The zero-order valence-electron chi connectivity index (χ0n) is 42.2. The van der Waals surface area contributed by atoms with Gasteiger partial charge >= 0.3 is 24.0 Å². The molecule has 404 valence electrons. The molecule has 1 aliphatic carbocycles. The fourth-order valence-corrected chi connectivity index (χ4v) is 8.50. The Hall–Kier alpha value is -8.66. The first kappa shape index (κ1) is 58.2. The summed E-state index contributed by atoms with van der Waals surface area (Å²) >= 11 is 0. The molecule has 76 heavy (non-hydrogen) atoms. The second-order valence-electron chi connectivity index (χ2n) is 18.8. The fourth-order valence-electron chi connectivity index (χ4n) is 8.50. The molecule has 0 aliphatic heterocycles. The Morgan fingerprint density at radius 3 is 1.38 bits per heavy atom. The first-order valence-corrected chi connectivity index (χ1v) is 24.5. The highest BCUT2D eigenvalue weighted by Gasteiger charge is 2.37. The Bertz CT molecular complexity index is 2690. The van der Waals surface area contributed by atoms with E-state index >= 15 is 0 Å². The number of hydrogen-bond donors (Lipinski definition) is 11. The summed E-state index contributed by atoms with van der Waals surface area (Å²) in [5.41, 5.74) is 5.10. The lowest BCUT2D eigenvalue weighted by atomic mass is 9.98. The van der Waals surface area contributed by atoms with Crippen LogP contribution in [-0.4, -0.2) is 135 Å². The smallest absolute Gasteiger partial charge is 0.407 e. The number of hydrogen-bond acceptors (Lipinski definition) is 12. The summed E-state index contributed by atoms with van der Waals surface area (Å²) in [4.78, 5) is 131. The third kappa shape index (κ3) is 16.9. The number of carbonyl (C=O) groups excluding carboxylic acids is 7. The quantitative estimate of drug-likeness (QED) is 0.0406. The van der Waals surface area contributed by atoms with Crippen molar-refractivity contribution in [2.75, 3.05) is 6.61 Å². The van der Waals surface area contributed by atoms with Crippen LogP contribution < -0.4 is 37.2 Å². The first-order chi connectivity index (χ1) is 36.1. The predicted molar refractivity (Wildman–Crippen MR) is 273 cm³/mol. The SMILES string of the molecule is CC(C)C[C@H](NC(=O)[C@@H](NC(=O)[C@H](Cc1ccccc1)NC(=O)OCC1c2ccccc2-c2ccccc21)[C@H](C)O)C(=O)N[C@@H](CC(=O)O)C(=O)N[C@@H](C)C(=O)N[C@@H](CC(=O)O)C(=O)N[C@@H](Cc1ccccc1)C(=O)O. The molecule has 22 heteroatoms. The van der Waals surface area contributed by atoms with Gasteiger partial charge in [-0.05, 0) is 59.6 Å². The number of fused-ring (bicyclic) bond motifs is 3. The minimum atomic E-state index is -1.89. The Morgan fingerprint density at radius 1 is 0.474 bits per heavy atom. The molecule has 4 aromatic rings. The predicted octanol–water partition coefficient (Wildman–Crippen LogP) is 1.77. The van der Waals surface area contributed by atoms with Crippen molar-refractivity contribution in [1.29, 1.82) is 0 Å². The first-order valence-electron chi connectivity index (χ1n) is 24.5. The molecule has 0 spiro atoms. The molecule has 0 saturated carbocycles. The Balaban J connectivity index is 1.24. The van der Waals surface area contributed by atoms with Crippen molar-refractivity contribution in [3.63, 3.8) is 0 Å². The lowest BCUT2D eigenvalue weighted by Crippen LogP contribution is -2.61. The summed E-state index contributed by atoms with van der Waals surface area (Å²) < 4.78 is 5.71. The van der Waals surface area contributed by atoms with Gasteiger partial charge in [-0.1, -0.05) is 123 Å². The number of alkyl carbamates (subject to hydrolysis) is 1. The zero-order valence-corrected chi connectivity index (χ0v) is 42.2. The molecule has 1 aliphatic rings. The summed E-state index contributed by atoms with van der Waals surface area (Å²) in [6, 6.07) is 20.9. The van der Waals surface area contributed by atoms with Crippen LogP contribution in [0.2, 0.25) is 0 Å². The molecule has 4 aromatic carbocycles. The number of aliphatic carboxylic acids is 3. The number of carboxylic acids is 3. The van der Waals surface area contributed by atoms with Crippen molar-refractivity contribution in [3.05, 3.63) is 131 Å². The summed E-state index contributed by atoms with van der Waals surface area (Å²) in [5.74, 6) is -11.7. The molecule has 5 rings (SSSR count). The van der Waals surface area contributed by atoms with Crippen LogP contribution in [0.25, 0.3) is 11.1 Å². The van der Waals surface area contributed by atoms with Crippen molar-refractivity contribution < 1.29 is 73.1 Å². The van der Waals surface area contributed by atoms with E-state index in [0.29, 0.717) is 11.1 Å². The maximum absolute atomic E-state index is 14.1. The van der Waals surface area contributed by atoms with Crippen LogP contribution in [0, 0.1) is 5.92 Å².